The fraction of sp³-hybridized carbons (Fsp3) is 0.0833. The van der Waals surface area contributed by atoms with E-state index in [0.717, 1.165) is 5.56 Å². The van der Waals surface area contributed by atoms with Crippen LogP contribution in [0.1, 0.15) is 5.56 Å². The average molecular weight is 482 g/mol. The van der Waals surface area contributed by atoms with E-state index in [1.54, 1.807) is 18.2 Å². The van der Waals surface area contributed by atoms with Gasteiger partial charge in [-0.15, -0.1) is 15.3 Å². The van der Waals surface area contributed by atoms with Crippen LogP contribution in [0.2, 0.25) is 0 Å². The summed E-state index contributed by atoms with van der Waals surface area (Å²) in [6.45, 7) is 1.92. The van der Waals surface area contributed by atoms with Crippen molar-refractivity contribution in [2.45, 2.75) is 11.8 Å². The molecule has 34 heavy (non-hydrogen) atoms. The van der Waals surface area contributed by atoms with Gasteiger partial charge >= 0.3 is 29.6 Å². The van der Waals surface area contributed by atoms with Gasteiger partial charge in [0.15, 0.2) is 0 Å². The van der Waals surface area contributed by atoms with E-state index in [-0.39, 0.29) is 34.5 Å². The molecule has 0 unspecified atom stereocenters. The molecule has 0 saturated heterocycles. The van der Waals surface area contributed by atoms with E-state index < -0.39 is 10.1 Å². The molecule has 0 heterocycles. The van der Waals surface area contributed by atoms with Crippen molar-refractivity contribution in [3.63, 3.8) is 0 Å². The minimum absolute atomic E-state index is 0. The number of hydrogen-bond acceptors (Lipinski definition) is 8. The van der Waals surface area contributed by atoms with Gasteiger partial charge in [0.2, 0.25) is 0 Å². The van der Waals surface area contributed by atoms with Gasteiger partial charge in [0.1, 0.15) is 21.6 Å². The molecule has 0 aliphatic carbocycles. The summed E-state index contributed by atoms with van der Waals surface area (Å²) in [5.74, 6) is 0.546. The van der Waals surface area contributed by atoms with Crippen LogP contribution in [0.4, 0.5) is 22.7 Å². The summed E-state index contributed by atoms with van der Waals surface area (Å²) >= 11 is 0. The van der Waals surface area contributed by atoms with E-state index in [1.165, 1.54) is 25.3 Å². The van der Waals surface area contributed by atoms with Crippen molar-refractivity contribution in [1.29, 1.82) is 0 Å². The van der Waals surface area contributed by atoms with Crippen molar-refractivity contribution in [3.05, 3.63) is 84.4 Å². The van der Waals surface area contributed by atoms with E-state index in [1.807, 2.05) is 49.4 Å². The smallest absolute Gasteiger partial charge is 0.744 e. The van der Waals surface area contributed by atoms with Gasteiger partial charge in [-0.2, -0.15) is 5.11 Å². The van der Waals surface area contributed by atoms with Gasteiger partial charge in [-0.1, -0.05) is 30.3 Å². The molecule has 0 fully saturated rings. The van der Waals surface area contributed by atoms with Crippen molar-refractivity contribution in [3.8, 4) is 5.75 Å². The molecule has 0 bridgehead atoms. The Morgan fingerprint density at radius 2 is 1.38 bits per heavy atom. The van der Waals surface area contributed by atoms with Crippen molar-refractivity contribution < 1.29 is 47.3 Å². The Hall–Kier alpha value is -2.95. The Morgan fingerprint density at radius 1 is 0.735 bits per heavy atom. The van der Waals surface area contributed by atoms with Crippen LogP contribution in [0.3, 0.4) is 0 Å². The number of benzene rings is 4. The molecule has 0 spiro atoms. The molecule has 0 atom stereocenters. The van der Waals surface area contributed by atoms with Crippen molar-refractivity contribution in [1.82, 2.24) is 0 Å². The molecule has 166 valence electrons. The first kappa shape index (κ1) is 25.7. The number of nitrogens with zero attached hydrogens (tertiary/aromatic N) is 4. The van der Waals surface area contributed by atoms with Crippen LogP contribution in [0.5, 0.6) is 5.75 Å². The summed E-state index contributed by atoms with van der Waals surface area (Å²) in [5, 5.41) is 18.1. The molecule has 0 aliphatic heterocycles. The van der Waals surface area contributed by atoms with Crippen LogP contribution in [0, 0.1) is 6.92 Å². The summed E-state index contributed by atoms with van der Waals surface area (Å²) in [4.78, 5) is -0.364. The number of fused-ring (bicyclic) bond motifs is 1. The fourth-order valence-electron chi connectivity index (χ4n) is 3.22. The standard InChI is InChI=1S/C24H20N4O4S.Na/c1-16-8-13-24(32-2)23(14-16)28-27-22-12-11-21(26-25-17-6-4-3-5-7-17)19-10-9-18(15-20(19)22)33(29,30)31;/h3-15H,1-2H3,(H,29,30,31);/q;+1/p-1. The molecule has 4 aromatic carbocycles. The molecule has 0 N–H and O–H groups in total. The van der Waals surface area contributed by atoms with Gasteiger partial charge < -0.3 is 9.29 Å². The Bertz CT molecular complexity index is 1490. The molecule has 10 heteroatoms. The third-order valence-corrected chi connectivity index (χ3v) is 5.69. The summed E-state index contributed by atoms with van der Waals surface area (Å²) in [6, 6.07) is 22.1. The first-order chi connectivity index (χ1) is 15.8. The van der Waals surface area contributed by atoms with Crippen LogP contribution < -0.4 is 34.3 Å². The Balaban J connectivity index is 0.00000324. The molecule has 0 aromatic heterocycles. The maximum Gasteiger partial charge on any atom is 1.00 e. The summed E-state index contributed by atoms with van der Waals surface area (Å²) in [7, 11) is -3.12. The largest absolute Gasteiger partial charge is 1.00 e. The van der Waals surface area contributed by atoms with E-state index in [0.29, 0.717) is 39.3 Å². The van der Waals surface area contributed by atoms with Crippen LogP contribution in [-0.2, 0) is 10.1 Å². The maximum atomic E-state index is 11.6. The zero-order valence-corrected chi connectivity index (χ0v) is 21.7. The molecule has 0 aliphatic rings. The van der Waals surface area contributed by atoms with Gasteiger partial charge in [0, 0.05) is 10.8 Å². The van der Waals surface area contributed by atoms with Gasteiger partial charge in [-0.25, -0.2) is 8.42 Å². The Morgan fingerprint density at radius 3 is 2.06 bits per heavy atom. The predicted octanol–water partition coefficient (Wildman–Crippen LogP) is 3.90. The molecule has 8 nitrogen and oxygen atoms in total. The molecular weight excluding hydrogens is 463 g/mol. The molecule has 4 aromatic rings. The quantitative estimate of drug-likeness (QED) is 0.235. The summed E-state index contributed by atoms with van der Waals surface area (Å²) in [5.41, 5.74) is 3.03. The topological polar surface area (TPSA) is 116 Å². The van der Waals surface area contributed by atoms with Gasteiger partial charge in [0.25, 0.3) is 0 Å². The van der Waals surface area contributed by atoms with Gasteiger partial charge in [-0.3, -0.25) is 0 Å². The van der Waals surface area contributed by atoms with E-state index in [2.05, 4.69) is 20.5 Å². The Labute approximate surface area is 219 Å². The number of rotatable bonds is 6. The van der Waals surface area contributed by atoms with Crippen LogP contribution in [0.15, 0.2) is 104 Å². The zero-order valence-electron chi connectivity index (χ0n) is 18.8. The minimum atomic E-state index is -4.66. The number of methoxy groups -OCH3 is 1. The van der Waals surface area contributed by atoms with Crippen molar-refractivity contribution in [2.24, 2.45) is 20.5 Å². The van der Waals surface area contributed by atoms with Crippen molar-refractivity contribution in [2.75, 3.05) is 7.11 Å². The number of hydrogen-bond donors (Lipinski definition) is 0. The summed E-state index contributed by atoms with van der Waals surface area (Å²) < 4.78 is 40.2. The molecular formula is C24H19N4NaO4S. The zero-order chi connectivity index (χ0) is 23.4. The van der Waals surface area contributed by atoms with Crippen LogP contribution >= 0.6 is 0 Å². The first-order valence-corrected chi connectivity index (χ1v) is 11.3. The molecule has 4 rings (SSSR count). The second-order valence-electron chi connectivity index (χ2n) is 7.18. The Kier molecular flexibility index (Phi) is 8.29. The third-order valence-electron chi connectivity index (χ3n) is 4.86. The second-order valence-corrected chi connectivity index (χ2v) is 8.56. The first-order valence-electron chi connectivity index (χ1n) is 9.91. The van der Waals surface area contributed by atoms with Gasteiger partial charge in [-0.05, 0) is 61.0 Å². The number of azo groups is 2. The second kappa shape index (κ2) is 11.0. The SMILES string of the molecule is COc1ccc(C)cc1N=Nc1ccc(N=Nc2ccccc2)c2ccc(S(=O)(=O)[O-])cc12.[Na+]. The van der Waals surface area contributed by atoms with Crippen LogP contribution in [0.25, 0.3) is 10.8 Å². The molecule has 0 saturated carbocycles. The number of aryl methyl sites for hydroxylation is 1. The maximum absolute atomic E-state index is 11.6. The van der Waals surface area contributed by atoms with E-state index >= 15 is 0 Å². The average Bonchev–Trinajstić information content (AvgIpc) is 2.81. The number of ether oxygens (including phenoxy) is 1. The summed E-state index contributed by atoms with van der Waals surface area (Å²) in [6.07, 6.45) is 0. The molecule has 0 radical (unpaired) electrons. The van der Waals surface area contributed by atoms with E-state index in [4.69, 9.17) is 4.74 Å². The van der Waals surface area contributed by atoms with E-state index in [9.17, 15) is 13.0 Å². The third kappa shape index (κ3) is 5.94. The normalized spacial score (nSPS) is 11.7. The monoisotopic (exact) mass is 482 g/mol. The molecule has 0 amide bonds. The predicted molar refractivity (Wildman–Crippen MR) is 124 cm³/mol. The van der Waals surface area contributed by atoms with Gasteiger partial charge in [0.05, 0.1) is 29.1 Å². The minimum Gasteiger partial charge on any atom is -0.744 e. The van der Waals surface area contributed by atoms with Crippen molar-refractivity contribution >= 4 is 43.6 Å². The van der Waals surface area contributed by atoms with Crippen LogP contribution in [-0.4, -0.2) is 20.1 Å². The fourth-order valence-corrected chi connectivity index (χ4v) is 3.72.